The molecule has 0 radical (unpaired) electrons. The van der Waals surface area contributed by atoms with E-state index in [9.17, 15) is 8.42 Å². The zero-order valence-electron chi connectivity index (χ0n) is 10.9. The van der Waals surface area contributed by atoms with Gasteiger partial charge in [-0.15, -0.1) is 0 Å². The average molecular weight is 348 g/mol. The molecule has 0 atom stereocenters. The number of nitrogens with one attached hydrogen (secondary N) is 1. The van der Waals surface area contributed by atoms with Gasteiger partial charge in [-0.05, 0) is 47.3 Å². The van der Waals surface area contributed by atoms with Gasteiger partial charge in [-0.2, -0.15) is 12.7 Å². The summed E-state index contributed by atoms with van der Waals surface area (Å²) in [6, 6.07) is 1.84. The molecule has 0 unspecified atom stereocenters. The van der Waals surface area contributed by atoms with Crippen LogP contribution in [0.4, 0.5) is 5.82 Å². The fraction of sp³-hybridized carbons (Fsp3) is 0.583. The summed E-state index contributed by atoms with van der Waals surface area (Å²) in [5.41, 5.74) is 0.799. The van der Waals surface area contributed by atoms with Gasteiger partial charge in [0.25, 0.3) is 0 Å². The number of pyridine rings is 1. The van der Waals surface area contributed by atoms with Gasteiger partial charge in [0.2, 0.25) is 0 Å². The van der Waals surface area contributed by atoms with E-state index in [0.717, 1.165) is 35.7 Å². The highest BCUT2D eigenvalue weighted by atomic mass is 79.9. The van der Waals surface area contributed by atoms with Crippen LogP contribution in [0.1, 0.15) is 31.2 Å². The van der Waals surface area contributed by atoms with Crippen LogP contribution in [0.3, 0.4) is 0 Å². The Bertz CT molecular complexity index is 540. The lowest BCUT2D eigenvalue weighted by Crippen LogP contribution is -2.36. The highest BCUT2D eigenvalue weighted by Gasteiger charge is 2.23. The van der Waals surface area contributed by atoms with Crippen LogP contribution >= 0.6 is 15.9 Å². The molecule has 0 aromatic carbocycles. The van der Waals surface area contributed by atoms with Gasteiger partial charge in [-0.3, -0.25) is 4.72 Å². The Balaban J connectivity index is 2.15. The topological polar surface area (TPSA) is 62.3 Å². The van der Waals surface area contributed by atoms with E-state index in [1.807, 2.05) is 13.0 Å². The van der Waals surface area contributed by atoms with E-state index >= 15 is 0 Å². The molecule has 2 heterocycles. The van der Waals surface area contributed by atoms with Gasteiger partial charge in [0, 0.05) is 23.8 Å². The first-order valence-electron chi connectivity index (χ1n) is 6.39. The molecule has 19 heavy (non-hydrogen) atoms. The highest BCUT2D eigenvalue weighted by Crippen LogP contribution is 2.20. The number of rotatable bonds is 3. The maximum Gasteiger partial charge on any atom is 0.302 e. The molecule has 1 N–H and O–H groups in total. The Hall–Kier alpha value is -0.660. The summed E-state index contributed by atoms with van der Waals surface area (Å²) in [6.07, 6.45) is 5.64. The third-order valence-corrected chi connectivity index (χ3v) is 5.11. The van der Waals surface area contributed by atoms with E-state index in [2.05, 4.69) is 25.6 Å². The highest BCUT2D eigenvalue weighted by molar-refractivity contribution is 9.10. The molecule has 106 valence electrons. The van der Waals surface area contributed by atoms with E-state index in [0.29, 0.717) is 18.9 Å². The molecule has 0 aliphatic carbocycles. The molecule has 0 spiro atoms. The molecule has 1 aliphatic heterocycles. The van der Waals surface area contributed by atoms with Crippen LogP contribution in [0.25, 0.3) is 0 Å². The third-order valence-electron chi connectivity index (χ3n) is 3.18. The van der Waals surface area contributed by atoms with Crippen molar-refractivity contribution < 1.29 is 8.42 Å². The summed E-state index contributed by atoms with van der Waals surface area (Å²) in [5.74, 6) is 0.396. The fourth-order valence-corrected chi connectivity index (χ4v) is 3.89. The molecule has 1 aliphatic rings. The molecule has 0 amide bonds. The number of nitrogens with zero attached hydrogens (tertiary/aromatic N) is 2. The van der Waals surface area contributed by atoms with Crippen LogP contribution in [0.5, 0.6) is 0 Å². The molecule has 7 heteroatoms. The van der Waals surface area contributed by atoms with Crippen LogP contribution in [0.2, 0.25) is 0 Å². The summed E-state index contributed by atoms with van der Waals surface area (Å²) >= 11 is 3.31. The SMILES string of the molecule is Cc1cc(Br)cnc1NS(=O)(=O)N1CCCCCC1. The van der Waals surface area contributed by atoms with Crippen molar-refractivity contribution >= 4 is 32.0 Å². The minimum absolute atomic E-state index is 0.396. The third kappa shape index (κ3) is 3.90. The maximum atomic E-state index is 12.3. The molecule has 1 fully saturated rings. The van der Waals surface area contributed by atoms with Gasteiger partial charge in [0.1, 0.15) is 5.82 Å². The van der Waals surface area contributed by atoms with Gasteiger partial charge in [-0.25, -0.2) is 4.98 Å². The molecule has 0 saturated carbocycles. The van der Waals surface area contributed by atoms with E-state index in [1.165, 1.54) is 4.31 Å². The number of aromatic nitrogens is 1. The second-order valence-corrected chi connectivity index (χ2v) is 7.33. The smallest absolute Gasteiger partial charge is 0.254 e. The summed E-state index contributed by atoms with van der Waals surface area (Å²) in [5, 5.41) is 0. The fourth-order valence-electron chi connectivity index (χ4n) is 2.12. The molecular formula is C12H18BrN3O2S. The number of anilines is 1. The molecule has 1 aromatic rings. The van der Waals surface area contributed by atoms with Crippen LogP contribution in [0, 0.1) is 6.92 Å². The summed E-state index contributed by atoms with van der Waals surface area (Å²) in [4.78, 5) is 4.12. The van der Waals surface area contributed by atoms with Gasteiger partial charge in [0.05, 0.1) is 0 Å². The Morgan fingerprint density at radius 2 is 1.89 bits per heavy atom. The van der Waals surface area contributed by atoms with Crippen LogP contribution in [-0.2, 0) is 10.2 Å². The summed E-state index contributed by atoms with van der Waals surface area (Å²) in [7, 11) is -3.49. The Morgan fingerprint density at radius 3 is 2.47 bits per heavy atom. The first-order chi connectivity index (χ1) is 8.99. The van der Waals surface area contributed by atoms with Crippen molar-refractivity contribution in [3.8, 4) is 0 Å². The number of aryl methyl sites for hydroxylation is 1. The van der Waals surface area contributed by atoms with Crippen molar-refractivity contribution in [2.24, 2.45) is 0 Å². The van der Waals surface area contributed by atoms with E-state index in [-0.39, 0.29) is 0 Å². The monoisotopic (exact) mass is 347 g/mol. The zero-order chi connectivity index (χ0) is 13.9. The van der Waals surface area contributed by atoms with Crippen molar-refractivity contribution in [1.82, 2.24) is 9.29 Å². The lowest BCUT2D eigenvalue weighted by Gasteiger charge is -2.21. The number of halogens is 1. The molecule has 5 nitrogen and oxygen atoms in total. The summed E-state index contributed by atoms with van der Waals surface area (Å²) < 4.78 is 29.5. The Labute approximate surface area is 122 Å². The van der Waals surface area contributed by atoms with Gasteiger partial charge in [0.15, 0.2) is 0 Å². The predicted octanol–water partition coefficient (Wildman–Crippen LogP) is 2.69. The van der Waals surface area contributed by atoms with E-state index < -0.39 is 10.2 Å². The van der Waals surface area contributed by atoms with Crippen molar-refractivity contribution in [3.63, 3.8) is 0 Å². The van der Waals surface area contributed by atoms with Gasteiger partial charge < -0.3 is 0 Å². The van der Waals surface area contributed by atoms with Gasteiger partial charge in [-0.1, -0.05) is 12.8 Å². The lowest BCUT2D eigenvalue weighted by atomic mass is 10.2. The normalized spacial score (nSPS) is 18.0. The molecule has 2 rings (SSSR count). The molecular weight excluding hydrogens is 330 g/mol. The summed E-state index contributed by atoms with van der Waals surface area (Å²) in [6.45, 7) is 3.01. The molecule has 1 saturated heterocycles. The average Bonchev–Trinajstić information content (AvgIpc) is 2.62. The zero-order valence-corrected chi connectivity index (χ0v) is 13.3. The van der Waals surface area contributed by atoms with Crippen LogP contribution < -0.4 is 4.72 Å². The maximum absolute atomic E-state index is 12.3. The second-order valence-electron chi connectivity index (χ2n) is 4.74. The minimum Gasteiger partial charge on any atom is -0.254 e. The van der Waals surface area contributed by atoms with Crippen LogP contribution in [0.15, 0.2) is 16.7 Å². The Kier molecular flexibility index (Phi) is 4.81. The molecule has 1 aromatic heterocycles. The molecule has 0 bridgehead atoms. The van der Waals surface area contributed by atoms with E-state index in [4.69, 9.17) is 0 Å². The number of hydrogen-bond donors (Lipinski definition) is 1. The minimum atomic E-state index is -3.49. The van der Waals surface area contributed by atoms with Gasteiger partial charge >= 0.3 is 10.2 Å². The number of hydrogen-bond acceptors (Lipinski definition) is 3. The van der Waals surface area contributed by atoms with Crippen molar-refractivity contribution in [2.45, 2.75) is 32.6 Å². The Morgan fingerprint density at radius 1 is 1.26 bits per heavy atom. The van der Waals surface area contributed by atoms with Crippen molar-refractivity contribution in [3.05, 3.63) is 22.3 Å². The van der Waals surface area contributed by atoms with E-state index in [1.54, 1.807) is 6.20 Å². The van der Waals surface area contributed by atoms with Crippen molar-refractivity contribution in [1.29, 1.82) is 0 Å². The van der Waals surface area contributed by atoms with Crippen molar-refractivity contribution in [2.75, 3.05) is 17.8 Å². The first-order valence-corrected chi connectivity index (χ1v) is 8.62. The standard InChI is InChI=1S/C12H18BrN3O2S/c1-10-8-11(13)9-14-12(10)15-19(17,18)16-6-4-2-3-5-7-16/h8-9H,2-7H2,1H3,(H,14,15). The predicted molar refractivity (Wildman–Crippen MR) is 79.3 cm³/mol. The quantitative estimate of drug-likeness (QED) is 0.914. The lowest BCUT2D eigenvalue weighted by molar-refractivity contribution is 0.427. The van der Waals surface area contributed by atoms with Crippen LogP contribution in [-0.4, -0.2) is 30.8 Å². The second kappa shape index (κ2) is 6.19. The largest absolute Gasteiger partial charge is 0.302 e. The first kappa shape index (κ1) is 14.7.